The van der Waals surface area contributed by atoms with Gasteiger partial charge < -0.3 is 20.1 Å². The van der Waals surface area contributed by atoms with Crippen molar-refractivity contribution in [2.24, 2.45) is 0 Å². The zero-order valence-corrected chi connectivity index (χ0v) is 21.5. The zero-order valence-electron chi connectivity index (χ0n) is 21.5. The lowest BCUT2D eigenvalue weighted by molar-refractivity contribution is -0.124. The second-order valence-electron chi connectivity index (χ2n) is 9.80. The van der Waals surface area contributed by atoms with Crippen molar-refractivity contribution < 1.29 is 19.1 Å². The fourth-order valence-electron chi connectivity index (χ4n) is 3.22. The van der Waals surface area contributed by atoms with Crippen LogP contribution in [0, 0.1) is 0 Å². The lowest BCUT2D eigenvalue weighted by atomic mass is 9.82. The van der Waals surface area contributed by atoms with Gasteiger partial charge in [0.05, 0.1) is 0 Å². The predicted octanol–water partition coefficient (Wildman–Crippen LogP) is 4.75. The van der Waals surface area contributed by atoms with Crippen LogP contribution in [0.3, 0.4) is 0 Å². The Morgan fingerprint density at radius 1 is 0.647 bits per heavy atom. The summed E-state index contributed by atoms with van der Waals surface area (Å²) in [4.78, 5) is 24.0. The zero-order chi connectivity index (χ0) is 25.2. The molecule has 6 nitrogen and oxygen atoms in total. The maximum Gasteiger partial charge on any atom is 0.258 e. The van der Waals surface area contributed by atoms with Crippen LogP contribution in [0.2, 0.25) is 0 Å². The maximum atomic E-state index is 12.0. The first-order chi connectivity index (χ1) is 16.1. The number of carbonyl (C=O) groups is 2. The Morgan fingerprint density at radius 2 is 0.971 bits per heavy atom. The third-order valence-electron chi connectivity index (χ3n) is 6.55. The largest absolute Gasteiger partial charge is 0.484 e. The van der Waals surface area contributed by atoms with Gasteiger partial charge in [-0.2, -0.15) is 0 Å². The molecule has 2 N–H and O–H groups in total. The van der Waals surface area contributed by atoms with E-state index in [1.165, 1.54) is 11.1 Å². The van der Waals surface area contributed by atoms with Gasteiger partial charge in [0.1, 0.15) is 11.5 Å². The summed E-state index contributed by atoms with van der Waals surface area (Å²) in [6.07, 6.45) is 2.09. The summed E-state index contributed by atoms with van der Waals surface area (Å²) in [5.74, 6) is 0.835. The van der Waals surface area contributed by atoms with Crippen LogP contribution >= 0.6 is 0 Å². The molecule has 0 aromatic heterocycles. The number of hydrogen-bond donors (Lipinski definition) is 2. The summed E-state index contributed by atoms with van der Waals surface area (Å²) < 4.78 is 11.1. The summed E-state index contributed by atoms with van der Waals surface area (Å²) >= 11 is 0. The molecule has 2 rings (SSSR count). The van der Waals surface area contributed by atoms with Crippen molar-refractivity contribution in [3.8, 4) is 11.5 Å². The number of carbonyl (C=O) groups excluding carboxylic acids is 2. The lowest BCUT2D eigenvalue weighted by Gasteiger charge is -2.23. The molecule has 0 aliphatic carbocycles. The molecule has 0 fully saturated rings. The van der Waals surface area contributed by atoms with Crippen LogP contribution < -0.4 is 20.1 Å². The van der Waals surface area contributed by atoms with Crippen molar-refractivity contribution >= 4 is 11.8 Å². The molecule has 0 radical (unpaired) electrons. The van der Waals surface area contributed by atoms with Gasteiger partial charge in [-0.25, -0.2) is 0 Å². The summed E-state index contributed by atoms with van der Waals surface area (Å²) in [7, 11) is 0. The van der Waals surface area contributed by atoms with Gasteiger partial charge in [0.2, 0.25) is 0 Å². The smallest absolute Gasteiger partial charge is 0.258 e. The fourth-order valence-corrected chi connectivity index (χ4v) is 3.22. The Kier molecular flexibility index (Phi) is 9.97. The molecule has 0 saturated carbocycles. The average molecular weight is 469 g/mol. The molecule has 0 heterocycles. The quantitative estimate of drug-likeness (QED) is 0.416. The Bertz CT molecular complexity index is 841. The van der Waals surface area contributed by atoms with E-state index in [0.29, 0.717) is 24.6 Å². The summed E-state index contributed by atoms with van der Waals surface area (Å²) in [5.41, 5.74) is 2.71. The molecule has 0 aliphatic heterocycles. The Labute approximate surface area is 204 Å². The SMILES string of the molecule is CCC(C)(C)c1ccc(OCC(=O)NCCNC(=O)COc2ccc(C(C)(C)CC)cc2)cc1. The van der Waals surface area contributed by atoms with Gasteiger partial charge in [-0.3, -0.25) is 9.59 Å². The highest BCUT2D eigenvalue weighted by atomic mass is 16.5. The van der Waals surface area contributed by atoms with Gasteiger partial charge in [-0.15, -0.1) is 0 Å². The second-order valence-corrected chi connectivity index (χ2v) is 9.80. The van der Waals surface area contributed by atoms with Crippen molar-refractivity contribution in [1.82, 2.24) is 10.6 Å². The number of amides is 2. The van der Waals surface area contributed by atoms with Crippen LogP contribution in [0.5, 0.6) is 11.5 Å². The Balaban J connectivity index is 1.62. The highest BCUT2D eigenvalue weighted by Gasteiger charge is 2.18. The van der Waals surface area contributed by atoms with Gasteiger partial charge in [0.15, 0.2) is 13.2 Å². The number of rotatable bonds is 13. The molecular weight excluding hydrogens is 428 g/mol. The molecule has 34 heavy (non-hydrogen) atoms. The van der Waals surface area contributed by atoms with Crippen LogP contribution in [0.15, 0.2) is 48.5 Å². The summed E-state index contributed by atoms with van der Waals surface area (Å²) in [6.45, 7) is 13.6. The molecule has 6 heteroatoms. The van der Waals surface area contributed by atoms with E-state index >= 15 is 0 Å². The van der Waals surface area contributed by atoms with E-state index in [-0.39, 0.29) is 35.9 Å². The van der Waals surface area contributed by atoms with Gasteiger partial charge in [-0.1, -0.05) is 65.8 Å². The minimum absolute atomic E-state index is 0.0710. The first-order valence-electron chi connectivity index (χ1n) is 12.1. The standard InChI is InChI=1S/C28H40N2O4/c1-7-27(3,4)21-9-13-23(14-10-21)33-19-25(31)29-17-18-30-26(32)20-34-24-15-11-22(12-16-24)28(5,6)8-2/h9-16H,7-8,17-20H2,1-6H3,(H,29,31)(H,30,32). The molecule has 2 aromatic carbocycles. The van der Waals surface area contributed by atoms with Crippen LogP contribution in [0.25, 0.3) is 0 Å². The summed E-state index contributed by atoms with van der Waals surface area (Å²) in [5, 5.41) is 5.47. The van der Waals surface area contributed by atoms with Crippen LogP contribution in [-0.2, 0) is 20.4 Å². The molecule has 0 aliphatic rings. The molecule has 2 amide bonds. The highest BCUT2D eigenvalue weighted by Crippen LogP contribution is 2.29. The number of benzene rings is 2. The Morgan fingerprint density at radius 3 is 1.26 bits per heavy atom. The van der Waals surface area contributed by atoms with E-state index in [9.17, 15) is 9.59 Å². The first-order valence-corrected chi connectivity index (χ1v) is 12.1. The molecule has 0 saturated heterocycles. The van der Waals surface area contributed by atoms with E-state index < -0.39 is 0 Å². The van der Waals surface area contributed by atoms with Gasteiger partial charge in [-0.05, 0) is 59.1 Å². The minimum Gasteiger partial charge on any atom is -0.484 e. The predicted molar refractivity (Wildman–Crippen MR) is 137 cm³/mol. The topological polar surface area (TPSA) is 76.7 Å². The van der Waals surface area contributed by atoms with Crippen molar-refractivity contribution in [3.63, 3.8) is 0 Å². The Hall–Kier alpha value is -3.02. The van der Waals surface area contributed by atoms with Crippen molar-refractivity contribution in [2.45, 2.75) is 65.2 Å². The van der Waals surface area contributed by atoms with Crippen LogP contribution in [-0.4, -0.2) is 38.1 Å². The third kappa shape index (κ3) is 8.40. The van der Waals surface area contributed by atoms with Crippen molar-refractivity contribution in [2.75, 3.05) is 26.3 Å². The number of hydrogen-bond acceptors (Lipinski definition) is 4. The number of nitrogens with one attached hydrogen (secondary N) is 2. The first kappa shape index (κ1) is 27.2. The maximum absolute atomic E-state index is 12.0. The van der Waals surface area contributed by atoms with Crippen molar-refractivity contribution in [3.05, 3.63) is 59.7 Å². The molecule has 0 unspecified atom stereocenters. The highest BCUT2D eigenvalue weighted by molar-refractivity contribution is 5.78. The van der Waals surface area contributed by atoms with Gasteiger partial charge in [0.25, 0.3) is 11.8 Å². The fraction of sp³-hybridized carbons (Fsp3) is 0.500. The second kappa shape index (κ2) is 12.4. The van der Waals surface area contributed by atoms with Crippen LogP contribution in [0.4, 0.5) is 0 Å². The lowest BCUT2D eigenvalue weighted by Crippen LogP contribution is -2.38. The average Bonchev–Trinajstić information content (AvgIpc) is 2.84. The third-order valence-corrected chi connectivity index (χ3v) is 6.55. The van der Waals surface area contributed by atoms with E-state index in [2.05, 4.69) is 52.2 Å². The van der Waals surface area contributed by atoms with E-state index in [1.54, 1.807) is 0 Å². The van der Waals surface area contributed by atoms with E-state index in [4.69, 9.17) is 9.47 Å². The summed E-state index contributed by atoms with van der Waals surface area (Å²) in [6, 6.07) is 15.7. The molecule has 2 aromatic rings. The minimum atomic E-state index is -0.237. The number of ether oxygens (including phenoxy) is 2. The normalized spacial score (nSPS) is 11.6. The van der Waals surface area contributed by atoms with Gasteiger partial charge >= 0.3 is 0 Å². The molecular formula is C28H40N2O4. The molecule has 0 spiro atoms. The van der Waals surface area contributed by atoms with Crippen LogP contribution in [0.1, 0.15) is 65.5 Å². The molecule has 0 atom stereocenters. The molecule has 186 valence electrons. The van der Waals surface area contributed by atoms with E-state index in [1.807, 2.05) is 48.5 Å². The van der Waals surface area contributed by atoms with Crippen molar-refractivity contribution in [1.29, 1.82) is 0 Å². The van der Waals surface area contributed by atoms with Gasteiger partial charge in [0, 0.05) is 13.1 Å². The van der Waals surface area contributed by atoms with E-state index in [0.717, 1.165) is 12.8 Å². The monoisotopic (exact) mass is 468 g/mol. The molecule has 0 bridgehead atoms.